The Balaban J connectivity index is 1.88. The van der Waals surface area contributed by atoms with Gasteiger partial charge in [0.25, 0.3) is 0 Å². The Labute approximate surface area is 103 Å². The molecule has 1 fully saturated rings. The maximum atomic E-state index is 5.83. The van der Waals surface area contributed by atoms with Crippen molar-refractivity contribution >= 4 is 5.95 Å². The van der Waals surface area contributed by atoms with Gasteiger partial charge in [-0.15, -0.1) is 0 Å². The molecule has 1 aliphatic rings. The molecule has 2 atom stereocenters. The van der Waals surface area contributed by atoms with Crippen LogP contribution in [0.4, 0.5) is 5.95 Å². The molecule has 0 saturated heterocycles. The van der Waals surface area contributed by atoms with Crippen LogP contribution in [0.15, 0.2) is 12.3 Å². The summed E-state index contributed by atoms with van der Waals surface area (Å²) in [5.74, 6) is 2.09. The minimum Gasteiger partial charge on any atom is -0.354 e. The fraction of sp³-hybridized carbons (Fsp3) is 0.692. The molecule has 0 bridgehead atoms. The molecule has 0 radical (unpaired) electrons. The average molecular weight is 234 g/mol. The van der Waals surface area contributed by atoms with Crippen molar-refractivity contribution in [1.29, 1.82) is 0 Å². The molecule has 94 valence electrons. The Kier molecular flexibility index (Phi) is 4.31. The van der Waals surface area contributed by atoms with Gasteiger partial charge in [-0.1, -0.05) is 12.8 Å². The predicted molar refractivity (Wildman–Crippen MR) is 69.8 cm³/mol. The van der Waals surface area contributed by atoms with E-state index in [0.29, 0.717) is 11.8 Å². The highest BCUT2D eigenvalue weighted by molar-refractivity contribution is 5.24. The Morgan fingerprint density at radius 2 is 2.12 bits per heavy atom. The highest BCUT2D eigenvalue weighted by Gasteiger charge is 2.23. The number of rotatable bonds is 4. The van der Waals surface area contributed by atoms with Gasteiger partial charge in [0.05, 0.1) is 0 Å². The summed E-state index contributed by atoms with van der Waals surface area (Å²) >= 11 is 0. The van der Waals surface area contributed by atoms with Crippen LogP contribution in [0.1, 0.15) is 31.4 Å². The fourth-order valence-corrected chi connectivity index (χ4v) is 2.62. The van der Waals surface area contributed by atoms with Crippen molar-refractivity contribution in [3.8, 4) is 0 Å². The molecule has 2 rings (SSSR count). The molecule has 1 aliphatic carbocycles. The third kappa shape index (κ3) is 3.40. The number of aryl methyl sites for hydroxylation is 1. The zero-order chi connectivity index (χ0) is 12.1. The molecule has 1 saturated carbocycles. The number of nitrogens with one attached hydrogen (secondary N) is 1. The first kappa shape index (κ1) is 12.3. The molecule has 3 N–H and O–H groups in total. The SMILES string of the molecule is Cc1ccnc(NCC2CCCCC2CN)n1. The largest absolute Gasteiger partial charge is 0.354 e. The molecule has 1 heterocycles. The molecule has 0 aliphatic heterocycles. The highest BCUT2D eigenvalue weighted by Crippen LogP contribution is 2.29. The van der Waals surface area contributed by atoms with E-state index in [1.165, 1.54) is 25.7 Å². The summed E-state index contributed by atoms with van der Waals surface area (Å²) in [6, 6.07) is 1.91. The monoisotopic (exact) mass is 234 g/mol. The zero-order valence-electron chi connectivity index (χ0n) is 10.5. The third-order valence-corrected chi connectivity index (χ3v) is 3.69. The van der Waals surface area contributed by atoms with Crippen molar-refractivity contribution in [3.05, 3.63) is 18.0 Å². The Morgan fingerprint density at radius 1 is 1.35 bits per heavy atom. The minimum absolute atomic E-state index is 0.668. The molecular formula is C13H22N4. The lowest BCUT2D eigenvalue weighted by Gasteiger charge is -2.30. The van der Waals surface area contributed by atoms with Gasteiger partial charge in [0, 0.05) is 18.4 Å². The molecule has 2 unspecified atom stereocenters. The molecule has 1 aromatic heterocycles. The van der Waals surface area contributed by atoms with Gasteiger partial charge in [0.1, 0.15) is 0 Å². The van der Waals surface area contributed by atoms with Crippen LogP contribution in [0.2, 0.25) is 0 Å². The topological polar surface area (TPSA) is 63.8 Å². The van der Waals surface area contributed by atoms with Crippen molar-refractivity contribution in [1.82, 2.24) is 9.97 Å². The maximum Gasteiger partial charge on any atom is 0.222 e. The van der Waals surface area contributed by atoms with Gasteiger partial charge < -0.3 is 11.1 Å². The van der Waals surface area contributed by atoms with Gasteiger partial charge in [0.15, 0.2) is 0 Å². The lowest BCUT2D eigenvalue weighted by atomic mass is 9.79. The minimum atomic E-state index is 0.668. The van der Waals surface area contributed by atoms with Gasteiger partial charge in [0.2, 0.25) is 5.95 Å². The van der Waals surface area contributed by atoms with Gasteiger partial charge >= 0.3 is 0 Å². The van der Waals surface area contributed by atoms with E-state index in [1.807, 2.05) is 13.0 Å². The molecule has 4 heteroatoms. The Hall–Kier alpha value is -1.16. The van der Waals surface area contributed by atoms with E-state index in [0.717, 1.165) is 24.7 Å². The van der Waals surface area contributed by atoms with E-state index in [9.17, 15) is 0 Å². The van der Waals surface area contributed by atoms with Crippen LogP contribution in [0.3, 0.4) is 0 Å². The second-order valence-electron chi connectivity index (χ2n) is 4.94. The summed E-state index contributed by atoms with van der Waals surface area (Å²) in [5.41, 5.74) is 6.83. The van der Waals surface area contributed by atoms with E-state index < -0.39 is 0 Å². The number of nitrogens with two attached hydrogens (primary N) is 1. The van der Waals surface area contributed by atoms with Crippen molar-refractivity contribution in [2.24, 2.45) is 17.6 Å². The molecule has 0 amide bonds. The summed E-state index contributed by atoms with van der Waals surface area (Å²) in [7, 11) is 0. The number of hydrogen-bond donors (Lipinski definition) is 2. The second kappa shape index (κ2) is 5.96. The standard InChI is InChI=1S/C13H22N4/c1-10-6-7-15-13(17-10)16-9-12-5-3-2-4-11(12)8-14/h6-7,11-12H,2-5,8-9,14H2,1H3,(H,15,16,17). The fourth-order valence-electron chi connectivity index (χ4n) is 2.62. The van der Waals surface area contributed by atoms with E-state index in [4.69, 9.17) is 5.73 Å². The van der Waals surface area contributed by atoms with Crippen LogP contribution < -0.4 is 11.1 Å². The highest BCUT2D eigenvalue weighted by atomic mass is 15.1. The van der Waals surface area contributed by atoms with Gasteiger partial charge in [-0.25, -0.2) is 9.97 Å². The molecule has 4 nitrogen and oxygen atoms in total. The Morgan fingerprint density at radius 3 is 2.82 bits per heavy atom. The van der Waals surface area contributed by atoms with Crippen molar-refractivity contribution < 1.29 is 0 Å². The quantitative estimate of drug-likeness (QED) is 0.836. The maximum absolute atomic E-state index is 5.83. The molecule has 1 aromatic rings. The predicted octanol–water partition coefficient (Wildman–Crippen LogP) is 1.96. The number of aromatic nitrogens is 2. The lowest BCUT2D eigenvalue weighted by molar-refractivity contribution is 0.255. The van der Waals surface area contributed by atoms with Crippen molar-refractivity contribution in [2.75, 3.05) is 18.4 Å². The normalized spacial score (nSPS) is 24.6. The van der Waals surface area contributed by atoms with Crippen molar-refractivity contribution in [3.63, 3.8) is 0 Å². The van der Waals surface area contributed by atoms with Crippen LogP contribution in [-0.4, -0.2) is 23.1 Å². The third-order valence-electron chi connectivity index (χ3n) is 3.69. The van der Waals surface area contributed by atoms with Crippen LogP contribution in [-0.2, 0) is 0 Å². The first-order valence-corrected chi connectivity index (χ1v) is 6.53. The Bertz CT molecular complexity index is 353. The molecular weight excluding hydrogens is 212 g/mol. The van der Waals surface area contributed by atoms with E-state index in [-0.39, 0.29) is 0 Å². The number of anilines is 1. The second-order valence-corrected chi connectivity index (χ2v) is 4.94. The molecule has 17 heavy (non-hydrogen) atoms. The molecule has 0 aromatic carbocycles. The average Bonchev–Trinajstić information content (AvgIpc) is 2.37. The van der Waals surface area contributed by atoms with E-state index >= 15 is 0 Å². The first-order valence-electron chi connectivity index (χ1n) is 6.53. The summed E-state index contributed by atoms with van der Waals surface area (Å²) in [6.07, 6.45) is 7.01. The van der Waals surface area contributed by atoms with Gasteiger partial charge in [-0.05, 0) is 44.2 Å². The lowest BCUT2D eigenvalue weighted by Crippen LogP contribution is -2.31. The van der Waals surface area contributed by atoms with Gasteiger partial charge in [-0.2, -0.15) is 0 Å². The van der Waals surface area contributed by atoms with Crippen LogP contribution in [0, 0.1) is 18.8 Å². The summed E-state index contributed by atoms with van der Waals surface area (Å²) in [4.78, 5) is 8.58. The van der Waals surface area contributed by atoms with Gasteiger partial charge in [-0.3, -0.25) is 0 Å². The molecule has 0 spiro atoms. The van der Waals surface area contributed by atoms with Crippen molar-refractivity contribution in [2.45, 2.75) is 32.6 Å². The summed E-state index contributed by atoms with van der Waals surface area (Å²) < 4.78 is 0. The van der Waals surface area contributed by atoms with Crippen LogP contribution >= 0.6 is 0 Å². The van der Waals surface area contributed by atoms with E-state index in [1.54, 1.807) is 6.20 Å². The number of hydrogen-bond acceptors (Lipinski definition) is 4. The van der Waals surface area contributed by atoms with Crippen LogP contribution in [0.25, 0.3) is 0 Å². The number of nitrogens with zero attached hydrogens (tertiary/aromatic N) is 2. The zero-order valence-corrected chi connectivity index (χ0v) is 10.5. The van der Waals surface area contributed by atoms with E-state index in [2.05, 4.69) is 15.3 Å². The summed E-state index contributed by atoms with van der Waals surface area (Å²) in [5, 5.41) is 3.34. The summed E-state index contributed by atoms with van der Waals surface area (Å²) in [6.45, 7) is 3.74. The smallest absolute Gasteiger partial charge is 0.222 e. The first-order chi connectivity index (χ1) is 8.29. The van der Waals surface area contributed by atoms with Crippen LogP contribution in [0.5, 0.6) is 0 Å².